The molecule has 0 unspecified atom stereocenters. The molecule has 2 rings (SSSR count). The van der Waals surface area contributed by atoms with Crippen molar-refractivity contribution in [1.29, 1.82) is 0 Å². The van der Waals surface area contributed by atoms with Crippen LogP contribution in [0.15, 0.2) is 53.4 Å². The summed E-state index contributed by atoms with van der Waals surface area (Å²) in [5.41, 5.74) is 1.26. The summed E-state index contributed by atoms with van der Waals surface area (Å²) in [6, 6.07) is 11.4. The average molecular weight is 407 g/mol. The highest BCUT2D eigenvalue weighted by molar-refractivity contribution is 7.89. The van der Waals surface area contributed by atoms with Crippen LogP contribution in [0.4, 0.5) is 4.39 Å². The summed E-state index contributed by atoms with van der Waals surface area (Å²) in [5.74, 6) is -0.622. The molecule has 1 amide bonds. The minimum Gasteiger partial charge on any atom is -0.352 e. The Morgan fingerprint density at radius 1 is 0.929 bits per heavy atom. The maximum absolute atomic E-state index is 12.9. The van der Waals surface area contributed by atoms with Gasteiger partial charge in [-0.2, -0.15) is 0 Å². The number of benzene rings is 2. The Morgan fingerprint density at radius 3 is 2.21 bits per heavy atom. The number of carbonyl (C=O) groups excluding carboxylic acids is 1. The molecule has 0 radical (unpaired) electrons. The van der Waals surface area contributed by atoms with Crippen molar-refractivity contribution in [2.24, 2.45) is 0 Å². The normalized spacial score (nSPS) is 11.4. The predicted molar refractivity (Wildman–Crippen MR) is 108 cm³/mol. The van der Waals surface area contributed by atoms with E-state index in [0.29, 0.717) is 12.1 Å². The summed E-state index contributed by atoms with van der Waals surface area (Å²) >= 11 is 0. The van der Waals surface area contributed by atoms with Gasteiger partial charge in [-0.25, -0.2) is 17.5 Å². The summed E-state index contributed by atoms with van der Waals surface area (Å²) in [6.07, 6.45) is 5.68. The van der Waals surface area contributed by atoms with Gasteiger partial charge < -0.3 is 5.32 Å². The Hall–Kier alpha value is -2.25. The third kappa shape index (κ3) is 7.05. The lowest BCUT2D eigenvalue weighted by atomic mass is 10.1. The molecule has 2 aromatic rings. The Morgan fingerprint density at radius 2 is 1.57 bits per heavy atom. The lowest BCUT2D eigenvalue weighted by Crippen LogP contribution is -2.25. The average Bonchev–Trinajstić information content (AvgIpc) is 2.69. The quantitative estimate of drug-likeness (QED) is 0.554. The number of rotatable bonds is 11. The molecular weight excluding hydrogens is 379 g/mol. The molecular formula is C21H27FN2O3S. The smallest absolute Gasteiger partial charge is 0.251 e. The fourth-order valence-electron chi connectivity index (χ4n) is 2.68. The van der Waals surface area contributed by atoms with Crippen LogP contribution in [-0.2, 0) is 16.6 Å². The van der Waals surface area contributed by atoms with Gasteiger partial charge in [-0.15, -0.1) is 0 Å². The lowest BCUT2D eigenvalue weighted by molar-refractivity contribution is 0.0953. The molecule has 0 atom stereocenters. The van der Waals surface area contributed by atoms with Gasteiger partial charge >= 0.3 is 0 Å². The van der Waals surface area contributed by atoms with Gasteiger partial charge in [0.2, 0.25) is 10.0 Å². The van der Waals surface area contributed by atoms with Gasteiger partial charge in [0.1, 0.15) is 5.82 Å². The largest absolute Gasteiger partial charge is 0.352 e. The van der Waals surface area contributed by atoms with E-state index >= 15 is 0 Å². The van der Waals surface area contributed by atoms with Crippen LogP contribution in [0.3, 0.4) is 0 Å². The van der Waals surface area contributed by atoms with E-state index in [1.54, 1.807) is 24.3 Å². The van der Waals surface area contributed by atoms with Crippen LogP contribution in [0.25, 0.3) is 0 Å². The van der Waals surface area contributed by atoms with Gasteiger partial charge in [-0.3, -0.25) is 4.79 Å². The van der Waals surface area contributed by atoms with Crippen molar-refractivity contribution in [2.45, 2.75) is 50.5 Å². The Kier molecular flexibility index (Phi) is 8.60. The second-order valence-corrected chi connectivity index (χ2v) is 8.41. The second-order valence-electron chi connectivity index (χ2n) is 6.65. The van der Waals surface area contributed by atoms with Crippen LogP contribution in [0.5, 0.6) is 0 Å². The van der Waals surface area contributed by atoms with Crippen molar-refractivity contribution in [3.63, 3.8) is 0 Å². The van der Waals surface area contributed by atoms with Crippen LogP contribution in [0, 0.1) is 5.82 Å². The van der Waals surface area contributed by atoms with Gasteiger partial charge in [0.25, 0.3) is 5.91 Å². The van der Waals surface area contributed by atoms with E-state index < -0.39 is 15.8 Å². The molecule has 2 aromatic carbocycles. The third-order valence-electron chi connectivity index (χ3n) is 4.37. The minimum atomic E-state index is -3.72. The van der Waals surface area contributed by atoms with E-state index in [1.807, 2.05) is 0 Å². The van der Waals surface area contributed by atoms with Gasteiger partial charge in [-0.05, 0) is 48.4 Å². The van der Waals surface area contributed by atoms with Crippen LogP contribution in [0.1, 0.15) is 54.9 Å². The fourth-order valence-corrected chi connectivity index (χ4v) is 3.70. The Balaban J connectivity index is 1.82. The lowest BCUT2D eigenvalue weighted by Gasteiger charge is -2.08. The van der Waals surface area contributed by atoms with Crippen LogP contribution in [0.2, 0.25) is 0 Å². The van der Waals surface area contributed by atoms with Crippen molar-refractivity contribution in [3.8, 4) is 0 Å². The van der Waals surface area contributed by atoms with Gasteiger partial charge in [0, 0.05) is 18.7 Å². The van der Waals surface area contributed by atoms with E-state index in [-0.39, 0.29) is 17.3 Å². The molecule has 0 heterocycles. The molecule has 5 nitrogen and oxygen atoms in total. The molecule has 0 spiro atoms. The second kappa shape index (κ2) is 10.9. The van der Waals surface area contributed by atoms with E-state index in [1.165, 1.54) is 31.4 Å². The van der Waals surface area contributed by atoms with Crippen LogP contribution < -0.4 is 10.0 Å². The van der Waals surface area contributed by atoms with Gasteiger partial charge in [0.05, 0.1) is 4.90 Å². The Labute approximate surface area is 166 Å². The predicted octanol–water partition coefficient (Wildman–Crippen LogP) is 4.00. The standard InChI is InChI=1S/C21H27FN2O3S/c1-2-3-4-5-6-15-23-21(25)18-9-7-17(8-10-18)16-24-28(26,27)20-13-11-19(22)12-14-20/h7-14,24H,2-6,15-16H2,1H3,(H,23,25). The molecule has 152 valence electrons. The molecule has 0 aromatic heterocycles. The van der Waals surface area contributed by atoms with Crippen LogP contribution >= 0.6 is 0 Å². The van der Waals surface area contributed by atoms with E-state index in [9.17, 15) is 17.6 Å². The number of hydrogen-bond acceptors (Lipinski definition) is 3. The SMILES string of the molecule is CCCCCCCNC(=O)c1ccc(CNS(=O)(=O)c2ccc(F)cc2)cc1. The number of hydrogen-bond donors (Lipinski definition) is 2. The van der Waals surface area contributed by atoms with Gasteiger partial charge in [0.15, 0.2) is 0 Å². The topological polar surface area (TPSA) is 75.3 Å². The zero-order valence-corrected chi connectivity index (χ0v) is 16.9. The number of sulfonamides is 1. The van der Waals surface area contributed by atoms with E-state index in [2.05, 4.69) is 17.0 Å². The van der Waals surface area contributed by atoms with Crippen molar-refractivity contribution >= 4 is 15.9 Å². The molecule has 7 heteroatoms. The molecule has 0 fully saturated rings. The maximum Gasteiger partial charge on any atom is 0.251 e. The Bertz CT molecular complexity index is 850. The first kappa shape index (κ1) is 22.0. The van der Waals surface area contributed by atoms with Gasteiger partial charge in [-0.1, -0.05) is 44.7 Å². The van der Waals surface area contributed by atoms with Crippen LogP contribution in [-0.4, -0.2) is 20.9 Å². The number of nitrogens with one attached hydrogen (secondary N) is 2. The summed E-state index contributed by atoms with van der Waals surface area (Å²) < 4.78 is 39.8. The number of unbranched alkanes of at least 4 members (excludes halogenated alkanes) is 4. The molecule has 0 aliphatic heterocycles. The minimum absolute atomic E-state index is 0.00355. The molecule has 0 aliphatic rings. The molecule has 0 aliphatic carbocycles. The number of carbonyl (C=O) groups is 1. The van der Waals surface area contributed by atoms with Crippen molar-refractivity contribution in [1.82, 2.24) is 10.0 Å². The summed E-state index contributed by atoms with van der Waals surface area (Å²) in [6.45, 7) is 2.90. The summed E-state index contributed by atoms with van der Waals surface area (Å²) in [5, 5.41) is 2.90. The van der Waals surface area contributed by atoms with E-state index in [4.69, 9.17) is 0 Å². The molecule has 0 bridgehead atoms. The number of amides is 1. The summed E-state index contributed by atoms with van der Waals surface area (Å²) in [7, 11) is -3.72. The monoisotopic (exact) mass is 406 g/mol. The zero-order chi connectivity index (χ0) is 20.4. The third-order valence-corrected chi connectivity index (χ3v) is 5.79. The van der Waals surface area contributed by atoms with Crippen molar-refractivity contribution < 1.29 is 17.6 Å². The zero-order valence-electron chi connectivity index (χ0n) is 16.1. The molecule has 0 saturated heterocycles. The summed E-state index contributed by atoms with van der Waals surface area (Å²) in [4.78, 5) is 12.1. The highest BCUT2D eigenvalue weighted by Crippen LogP contribution is 2.11. The number of halogens is 1. The molecule has 0 saturated carbocycles. The highest BCUT2D eigenvalue weighted by atomic mass is 32.2. The molecule has 2 N–H and O–H groups in total. The van der Waals surface area contributed by atoms with E-state index in [0.717, 1.165) is 30.5 Å². The molecule has 28 heavy (non-hydrogen) atoms. The first-order valence-corrected chi connectivity index (χ1v) is 11.0. The first-order chi connectivity index (χ1) is 13.4. The maximum atomic E-state index is 12.9. The van der Waals surface area contributed by atoms with Crippen molar-refractivity contribution in [3.05, 3.63) is 65.5 Å². The first-order valence-electron chi connectivity index (χ1n) is 9.55. The highest BCUT2D eigenvalue weighted by Gasteiger charge is 2.13. The fraction of sp³-hybridized carbons (Fsp3) is 0.381. The van der Waals surface area contributed by atoms with Crippen molar-refractivity contribution in [2.75, 3.05) is 6.54 Å².